The second-order valence-corrected chi connectivity index (χ2v) is 6.62. The maximum absolute atomic E-state index is 12.9. The number of carbonyl (C=O) groups excluding carboxylic acids is 3. The number of imide groups is 1. The lowest BCUT2D eigenvalue weighted by molar-refractivity contribution is -0.126. The zero-order valence-corrected chi connectivity index (χ0v) is 14.8. The van der Waals surface area contributed by atoms with Gasteiger partial charge in [-0.05, 0) is 48.5 Å². The third-order valence-electron chi connectivity index (χ3n) is 4.52. The van der Waals surface area contributed by atoms with E-state index in [1.807, 2.05) is 0 Å². The molecule has 28 heavy (non-hydrogen) atoms. The third-order valence-corrected chi connectivity index (χ3v) is 4.78. The predicted molar refractivity (Wildman–Crippen MR) is 97.5 cm³/mol. The average Bonchev–Trinajstić information content (AvgIpc) is 3.22. The van der Waals surface area contributed by atoms with Crippen molar-refractivity contribution in [2.24, 2.45) is 11.1 Å². The molecule has 1 N–H and O–H groups in total. The summed E-state index contributed by atoms with van der Waals surface area (Å²) in [5, 5.41) is 13.1. The highest BCUT2D eigenvalue weighted by molar-refractivity contribution is 6.52. The summed E-state index contributed by atoms with van der Waals surface area (Å²) < 4.78 is 0. The Bertz CT molecular complexity index is 1050. The molecule has 1 saturated heterocycles. The van der Waals surface area contributed by atoms with E-state index in [2.05, 4.69) is 5.16 Å². The van der Waals surface area contributed by atoms with Crippen LogP contribution in [0.2, 0.25) is 5.02 Å². The molecule has 0 unspecified atom stereocenters. The van der Waals surface area contributed by atoms with Gasteiger partial charge in [-0.1, -0.05) is 16.8 Å². The lowest BCUT2D eigenvalue weighted by Gasteiger charge is -2.15. The van der Waals surface area contributed by atoms with Gasteiger partial charge in [0.2, 0.25) is 17.8 Å². The number of amides is 2. The number of anilines is 1. The van der Waals surface area contributed by atoms with Gasteiger partial charge in [0.25, 0.3) is 5.91 Å². The molecule has 0 aromatic heterocycles. The van der Waals surface area contributed by atoms with Crippen LogP contribution in [0.25, 0.3) is 0 Å². The fourth-order valence-electron chi connectivity index (χ4n) is 3.12. The maximum atomic E-state index is 12.9. The number of oxime groups is 1. The fourth-order valence-corrected chi connectivity index (χ4v) is 3.25. The molecule has 2 aromatic rings. The third kappa shape index (κ3) is 2.74. The Labute approximate surface area is 162 Å². The molecule has 0 saturated carbocycles. The van der Waals surface area contributed by atoms with Crippen molar-refractivity contribution in [3.05, 3.63) is 64.7 Å². The van der Waals surface area contributed by atoms with Gasteiger partial charge in [-0.2, -0.15) is 0 Å². The number of Topliss-reactive ketones (excluding diaryl/α,β-unsaturated/α-hetero) is 1. The monoisotopic (exact) mass is 398 g/mol. The second kappa shape index (κ2) is 6.58. The number of hydrogen-bond acceptors (Lipinski definition) is 6. The van der Waals surface area contributed by atoms with Crippen molar-refractivity contribution in [3.8, 4) is 0 Å². The van der Waals surface area contributed by atoms with E-state index in [0.29, 0.717) is 5.02 Å². The van der Waals surface area contributed by atoms with Gasteiger partial charge >= 0.3 is 5.97 Å². The van der Waals surface area contributed by atoms with Crippen LogP contribution < -0.4 is 4.90 Å². The SMILES string of the molecule is O=C(O)c1ccc(N2C(=O)[C@H]3C(C(=O)c4ccc(Cl)cc4)=NO[C@H]3C2=O)cc1. The average molecular weight is 399 g/mol. The number of aromatic carboxylic acids is 1. The number of hydrogen-bond donors (Lipinski definition) is 1. The van der Waals surface area contributed by atoms with Crippen molar-refractivity contribution in [3.63, 3.8) is 0 Å². The Hall–Kier alpha value is -3.52. The molecule has 2 atom stereocenters. The van der Waals surface area contributed by atoms with Crippen LogP contribution in [0.15, 0.2) is 53.7 Å². The summed E-state index contributed by atoms with van der Waals surface area (Å²) in [7, 11) is 0. The van der Waals surface area contributed by atoms with Crippen LogP contribution in [-0.2, 0) is 14.4 Å². The van der Waals surface area contributed by atoms with E-state index in [4.69, 9.17) is 21.5 Å². The Balaban J connectivity index is 1.63. The minimum atomic E-state index is -1.22. The first-order valence-corrected chi connectivity index (χ1v) is 8.51. The van der Waals surface area contributed by atoms with Gasteiger partial charge in [0.05, 0.1) is 11.3 Å². The molecule has 2 heterocycles. The molecule has 0 aliphatic carbocycles. The molecular weight excluding hydrogens is 388 g/mol. The molecule has 0 bridgehead atoms. The molecule has 2 aromatic carbocycles. The van der Waals surface area contributed by atoms with Crippen LogP contribution in [0.5, 0.6) is 0 Å². The number of carboxylic acids is 1. The van der Waals surface area contributed by atoms with Gasteiger partial charge in [0.1, 0.15) is 11.6 Å². The van der Waals surface area contributed by atoms with Gasteiger partial charge < -0.3 is 9.94 Å². The number of halogens is 1. The van der Waals surface area contributed by atoms with E-state index in [1.54, 1.807) is 0 Å². The first-order valence-electron chi connectivity index (χ1n) is 8.13. The quantitative estimate of drug-likeness (QED) is 0.623. The molecule has 2 aliphatic rings. The molecule has 0 radical (unpaired) electrons. The Morgan fingerprint density at radius 1 is 0.964 bits per heavy atom. The highest BCUT2D eigenvalue weighted by Gasteiger charge is 2.57. The van der Waals surface area contributed by atoms with E-state index in [9.17, 15) is 19.2 Å². The Morgan fingerprint density at radius 2 is 1.57 bits per heavy atom. The number of ketones is 1. The Kier molecular flexibility index (Phi) is 4.20. The first-order chi connectivity index (χ1) is 13.4. The first kappa shape index (κ1) is 17.9. The zero-order valence-electron chi connectivity index (χ0n) is 14.0. The van der Waals surface area contributed by atoms with Crippen molar-refractivity contribution >= 4 is 46.6 Å². The molecule has 8 nitrogen and oxygen atoms in total. The summed E-state index contributed by atoms with van der Waals surface area (Å²) in [5.41, 5.74) is 0.308. The number of benzene rings is 2. The van der Waals surface area contributed by atoms with Gasteiger partial charge in [-0.15, -0.1) is 0 Å². The molecule has 2 amide bonds. The number of nitrogens with zero attached hydrogens (tertiary/aromatic N) is 2. The van der Waals surface area contributed by atoms with Crippen LogP contribution in [0.4, 0.5) is 5.69 Å². The maximum Gasteiger partial charge on any atom is 0.335 e. The van der Waals surface area contributed by atoms with E-state index in [-0.39, 0.29) is 22.5 Å². The number of rotatable bonds is 4. The van der Waals surface area contributed by atoms with Crippen LogP contribution >= 0.6 is 11.6 Å². The van der Waals surface area contributed by atoms with Crippen molar-refractivity contribution in [1.82, 2.24) is 0 Å². The van der Waals surface area contributed by atoms with Crippen LogP contribution in [-0.4, -0.2) is 40.5 Å². The van der Waals surface area contributed by atoms with Crippen LogP contribution in [0, 0.1) is 5.92 Å². The van der Waals surface area contributed by atoms with E-state index < -0.39 is 35.6 Å². The summed E-state index contributed by atoms with van der Waals surface area (Å²) in [6.07, 6.45) is -1.22. The predicted octanol–water partition coefficient (Wildman–Crippen LogP) is 2.17. The lowest BCUT2D eigenvalue weighted by atomic mass is 9.93. The molecule has 140 valence electrons. The summed E-state index contributed by atoms with van der Waals surface area (Å²) in [6, 6.07) is 11.3. The number of carbonyl (C=O) groups is 4. The van der Waals surface area contributed by atoms with Gasteiger partial charge in [-0.3, -0.25) is 14.4 Å². The van der Waals surface area contributed by atoms with Gasteiger partial charge in [-0.25, -0.2) is 9.69 Å². The second-order valence-electron chi connectivity index (χ2n) is 6.18. The molecule has 4 rings (SSSR count). The molecule has 2 aliphatic heterocycles. The molecule has 1 fully saturated rings. The topological polar surface area (TPSA) is 113 Å². The van der Waals surface area contributed by atoms with Crippen molar-refractivity contribution in [2.45, 2.75) is 6.10 Å². The summed E-state index contributed by atoms with van der Waals surface area (Å²) in [5.74, 6) is -4.14. The highest BCUT2D eigenvalue weighted by atomic mass is 35.5. The largest absolute Gasteiger partial charge is 0.478 e. The van der Waals surface area contributed by atoms with Crippen LogP contribution in [0.1, 0.15) is 20.7 Å². The summed E-state index contributed by atoms with van der Waals surface area (Å²) in [4.78, 5) is 55.1. The number of carboxylic acid groups (broad SMARTS) is 1. The van der Waals surface area contributed by atoms with Crippen molar-refractivity contribution in [2.75, 3.05) is 4.90 Å². The van der Waals surface area contributed by atoms with Crippen LogP contribution in [0.3, 0.4) is 0 Å². The molecule has 9 heteroatoms. The smallest absolute Gasteiger partial charge is 0.335 e. The molecular formula is C19H11ClN2O6. The minimum Gasteiger partial charge on any atom is -0.478 e. The highest BCUT2D eigenvalue weighted by Crippen LogP contribution is 2.34. The van der Waals surface area contributed by atoms with E-state index in [1.165, 1.54) is 48.5 Å². The van der Waals surface area contributed by atoms with E-state index in [0.717, 1.165) is 4.90 Å². The lowest BCUT2D eigenvalue weighted by Crippen LogP contribution is -2.34. The van der Waals surface area contributed by atoms with Crippen molar-refractivity contribution in [1.29, 1.82) is 0 Å². The minimum absolute atomic E-state index is 0.0134. The summed E-state index contributed by atoms with van der Waals surface area (Å²) in [6.45, 7) is 0. The van der Waals surface area contributed by atoms with Gasteiger partial charge in [0, 0.05) is 10.6 Å². The number of fused-ring (bicyclic) bond motifs is 1. The van der Waals surface area contributed by atoms with Gasteiger partial charge in [0.15, 0.2) is 0 Å². The standard InChI is InChI=1S/C19H11ClN2O6/c20-11-5-1-9(2-6-11)15(23)14-13-16(28-21-14)18(25)22(17(13)24)12-7-3-10(4-8-12)19(26)27/h1-8,13,16H,(H,26,27)/t13-,16+/m0/s1. The molecule has 0 spiro atoms. The summed E-state index contributed by atoms with van der Waals surface area (Å²) >= 11 is 5.82. The van der Waals surface area contributed by atoms with Crippen molar-refractivity contribution < 1.29 is 29.1 Å². The zero-order chi connectivity index (χ0) is 20.0. The fraction of sp³-hybridized carbons (Fsp3) is 0.105. The normalized spacial score (nSPS) is 20.6. The Morgan fingerprint density at radius 3 is 2.18 bits per heavy atom. The van der Waals surface area contributed by atoms with E-state index >= 15 is 0 Å².